The molecule has 2 aliphatic carbocycles. The summed E-state index contributed by atoms with van der Waals surface area (Å²) in [6.07, 6.45) is 10.6. The van der Waals surface area contributed by atoms with E-state index >= 15 is 0 Å². The molecule has 0 aromatic carbocycles. The summed E-state index contributed by atoms with van der Waals surface area (Å²) in [5.74, 6) is 0.527. The maximum atomic E-state index is 13.7. The summed E-state index contributed by atoms with van der Waals surface area (Å²) in [5.41, 5.74) is 2.06. The molecule has 4 aromatic rings. The Morgan fingerprint density at radius 2 is 1.94 bits per heavy atom. The van der Waals surface area contributed by atoms with Crippen molar-refractivity contribution in [1.82, 2.24) is 18.9 Å². The molecule has 0 aliphatic heterocycles. The van der Waals surface area contributed by atoms with Gasteiger partial charge < -0.3 is 0 Å². The van der Waals surface area contributed by atoms with Crippen molar-refractivity contribution >= 4 is 49.6 Å². The van der Waals surface area contributed by atoms with Gasteiger partial charge in [-0.3, -0.25) is 18.6 Å². The van der Waals surface area contributed by atoms with E-state index < -0.39 is 0 Å². The van der Waals surface area contributed by atoms with Crippen LogP contribution in [0.2, 0.25) is 0 Å². The van der Waals surface area contributed by atoms with Crippen molar-refractivity contribution in [2.24, 2.45) is 0 Å². The summed E-state index contributed by atoms with van der Waals surface area (Å²) >= 11 is 4.69. The van der Waals surface area contributed by atoms with Gasteiger partial charge in [-0.1, -0.05) is 24.6 Å². The molecule has 0 spiro atoms. The Kier molecular flexibility index (Phi) is 5.00. The SMILES string of the molecule is O=c1c2c3c(sc2nc(SCc2cc(=O)n4ccsc4n2)n1C1CCCC1)CCCC3. The molecule has 160 valence electrons. The number of hydrogen-bond donors (Lipinski definition) is 0. The third-order valence-electron chi connectivity index (χ3n) is 6.38. The Morgan fingerprint density at radius 1 is 1.10 bits per heavy atom. The van der Waals surface area contributed by atoms with Crippen LogP contribution in [0.4, 0.5) is 0 Å². The van der Waals surface area contributed by atoms with E-state index in [1.54, 1.807) is 28.0 Å². The molecule has 0 N–H and O–H groups in total. The predicted octanol–water partition coefficient (Wildman–Crippen LogP) is 4.81. The minimum absolute atomic E-state index is 0.0654. The molecule has 31 heavy (non-hydrogen) atoms. The number of aromatic nitrogens is 4. The standard InChI is InChI=1S/C22H22N4O2S3/c27-17-11-13(23-21-25(17)9-10-29-21)12-30-22-24-19-18(15-7-3-4-8-16(15)31-19)20(28)26(22)14-5-1-2-6-14/h9-11,14H,1-8,12H2. The molecule has 9 heteroatoms. The van der Waals surface area contributed by atoms with Crippen LogP contribution in [0, 0.1) is 0 Å². The molecule has 6 nitrogen and oxygen atoms in total. The molecular formula is C22H22N4O2S3. The Balaban J connectivity index is 1.44. The molecule has 2 aliphatic rings. The number of nitrogens with zero attached hydrogens (tertiary/aromatic N) is 4. The van der Waals surface area contributed by atoms with Crippen molar-refractivity contribution < 1.29 is 0 Å². The lowest BCUT2D eigenvalue weighted by Gasteiger charge is -2.18. The summed E-state index contributed by atoms with van der Waals surface area (Å²) in [7, 11) is 0. The summed E-state index contributed by atoms with van der Waals surface area (Å²) in [5, 5.41) is 3.51. The first kappa shape index (κ1) is 19.7. The highest BCUT2D eigenvalue weighted by molar-refractivity contribution is 7.98. The zero-order valence-corrected chi connectivity index (χ0v) is 19.5. The Bertz CT molecular complexity index is 1410. The second-order valence-corrected chi connectivity index (χ2v) is 11.2. The van der Waals surface area contributed by atoms with Crippen molar-refractivity contribution in [3.8, 4) is 0 Å². The minimum Gasteiger partial charge on any atom is -0.284 e. The molecule has 6 rings (SSSR count). The first-order valence-corrected chi connectivity index (χ1v) is 13.5. The second kappa shape index (κ2) is 7.86. The van der Waals surface area contributed by atoms with E-state index in [4.69, 9.17) is 4.98 Å². The average Bonchev–Trinajstić information content (AvgIpc) is 3.51. The van der Waals surface area contributed by atoms with Gasteiger partial charge in [-0.2, -0.15) is 0 Å². The quantitative estimate of drug-likeness (QED) is 0.316. The van der Waals surface area contributed by atoms with Crippen LogP contribution in [0.3, 0.4) is 0 Å². The van der Waals surface area contributed by atoms with Crippen molar-refractivity contribution in [2.75, 3.05) is 0 Å². The Morgan fingerprint density at radius 3 is 2.81 bits per heavy atom. The summed E-state index contributed by atoms with van der Waals surface area (Å²) in [4.78, 5) is 38.6. The van der Waals surface area contributed by atoms with E-state index in [1.165, 1.54) is 40.0 Å². The van der Waals surface area contributed by atoms with Gasteiger partial charge >= 0.3 is 0 Å². The normalized spacial score (nSPS) is 17.0. The van der Waals surface area contributed by atoms with Gasteiger partial charge in [-0.05, 0) is 44.1 Å². The van der Waals surface area contributed by atoms with E-state index in [9.17, 15) is 9.59 Å². The van der Waals surface area contributed by atoms with Gasteiger partial charge in [0.25, 0.3) is 11.1 Å². The maximum Gasteiger partial charge on any atom is 0.263 e. The van der Waals surface area contributed by atoms with Gasteiger partial charge in [0.05, 0.1) is 11.1 Å². The van der Waals surface area contributed by atoms with Crippen LogP contribution in [0.5, 0.6) is 0 Å². The fourth-order valence-electron chi connectivity index (χ4n) is 4.89. The van der Waals surface area contributed by atoms with Crippen LogP contribution in [0.1, 0.15) is 60.7 Å². The number of thiophene rings is 1. The topological polar surface area (TPSA) is 69.3 Å². The summed E-state index contributed by atoms with van der Waals surface area (Å²) in [6, 6.07) is 1.82. The monoisotopic (exact) mass is 470 g/mol. The van der Waals surface area contributed by atoms with Gasteiger partial charge in [-0.25, -0.2) is 9.97 Å². The Hall–Kier alpha value is -1.97. The van der Waals surface area contributed by atoms with Crippen molar-refractivity contribution in [2.45, 2.75) is 68.3 Å². The van der Waals surface area contributed by atoms with Crippen molar-refractivity contribution in [3.05, 3.63) is 54.5 Å². The minimum atomic E-state index is -0.0654. The van der Waals surface area contributed by atoms with E-state index in [0.717, 1.165) is 66.0 Å². The molecule has 0 atom stereocenters. The smallest absolute Gasteiger partial charge is 0.263 e. The highest BCUT2D eigenvalue weighted by atomic mass is 32.2. The Labute approximate surface area is 191 Å². The van der Waals surface area contributed by atoms with Gasteiger partial charge in [0.2, 0.25) is 0 Å². The molecule has 4 heterocycles. The summed E-state index contributed by atoms with van der Waals surface area (Å²) in [6.45, 7) is 0. The fourth-order valence-corrected chi connectivity index (χ4v) is 7.89. The van der Waals surface area contributed by atoms with Crippen molar-refractivity contribution in [3.63, 3.8) is 0 Å². The van der Waals surface area contributed by atoms with Crippen molar-refractivity contribution in [1.29, 1.82) is 0 Å². The fraction of sp³-hybridized carbons (Fsp3) is 0.455. The largest absolute Gasteiger partial charge is 0.284 e. The van der Waals surface area contributed by atoms with E-state index in [0.29, 0.717) is 10.7 Å². The molecule has 1 fully saturated rings. The van der Waals surface area contributed by atoms with Crippen LogP contribution in [-0.4, -0.2) is 18.9 Å². The number of fused-ring (bicyclic) bond motifs is 4. The highest BCUT2D eigenvalue weighted by Crippen LogP contribution is 2.37. The van der Waals surface area contributed by atoms with Crippen LogP contribution >= 0.6 is 34.4 Å². The molecule has 1 saturated carbocycles. The maximum absolute atomic E-state index is 13.7. The zero-order chi connectivity index (χ0) is 20.9. The average molecular weight is 471 g/mol. The van der Waals surface area contributed by atoms with E-state index in [2.05, 4.69) is 4.98 Å². The second-order valence-electron chi connectivity index (χ2n) is 8.33. The first-order chi connectivity index (χ1) is 15.2. The van der Waals surface area contributed by atoms with E-state index in [1.807, 2.05) is 9.95 Å². The number of rotatable bonds is 4. The molecule has 0 saturated heterocycles. The number of hydrogen-bond acceptors (Lipinski definition) is 7. The molecule has 0 radical (unpaired) electrons. The van der Waals surface area contributed by atoms with Crippen LogP contribution < -0.4 is 11.1 Å². The lowest BCUT2D eigenvalue weighted by Crippen LogP contribution is -2.26. The lowest BCUT2D eigenvalue weighted by atomic mass is 9.97. The summed E-state index contributed by atoms with van der Waals surface area (Å²) < 4.78 is 3.53. The molecule has 0 bridgehead atoms. The molecule has 0 amide bonds. The van der Waals surface area contributed by atoms with Gasteiger partial charge in [0, 0.05) is 34.3 Å². The van der Waals surface area contributed by atoms with Gasteiger partial charge in [-0.15, -0.1) is 22.7 Å². The molecule has 4 aromatic heterocycles. The van der Waals surface area contributed by atoms with Crippen LogP contribution in [0.25, 0.3) is 15.2 Å². The van der Waals surface area contributed by atoms with Crippen LogP contribution in [0.15, 0.2) is 32.4 Å². The predicted molar refractivity (Wildman–Crippen MR) is 127 cm³/mol. The lowest BCUT2D eigenvalue weighted by molar-refractivity contribution is 0.457. The molecule has 0 unspecified atom stereocenters. The molecular weight excluding hydrogens is 448 g/mol. The third kappa shape index (κ3) is 3.37. The zero-order valence-electron chi connectivity index (χ0n) is 17.0. The number of thiazole rings is 1. The van der Waals surface area contributed by atoms with Gasteiger partial charge in [0.1, 0.15) is 4.83 Å². The number of aryl methyl sites for hydroxylation is 2. The highest BCUT2D eigenvalue weighted by Gasteiger charge is 2.27. The van der Waals surface area contributed by atoms with E-state index in [-0.39, 0.29) is 17.2 Å². The van der Waals surface area contributed by atoms with Crippen LogP contribution in [-0.2, 0) is 18.6 Å². The van der Waals surface area contributed by atoms with Gasteiger partial charge in [0.15, 0.2) is 10.1 Å². The number of thioether (sulfide) groups is 1. The first-order valence-electron chi connectivity index (χ1n) is 10.8. The third-order valence-corrected chi connectivity index (χ3v) is 9.31.